The molecule has 1 atom stereocenters. The molecule has 1 fully saturated rings. The Morgan fingerprint density at radius 2 is 2.21 bits per heavy atom. The molecule has 0 aromatic carbocycles. The molecule has 2 rings (SSSR count). The highest BCUT2D eigenvalue weighted by atomic mass is 32.2. The van der Waals surface area contributed by atoms with E-state index in [2.05, 4.69) is 9.97 Å². The third-order valence-corrected chi connectivity index (χ3v) is 4.47. The maximum atomic E-state index is 11.8. The zero-order valence-electron chi connectivity index (χ0n) is 11.0. The highest BCUT2D eigenvalue weighted by molar-refractivity contribution is 7.90. The van der Waals surface area contributed by atoms with Gasteiger partial charge in [-0.1, -0.05) is 0 Å². The first-order chi connectivity index (χ1) is 8.89. The molecule has 2 heterocycles. The van der Waals surface area contributed by atoms with Gasteiger partial charge in [0.2, 0.25) is 5.91 Å². The number of carbonyl (C=O) groups is 1. The van der Waals surface area contributed by atoms with Crippen LogP contribution in [0.4, 0.5) is 0 Å². The second-order valence-corrected chi connectivity index (χ2v) is 6.83. The first-order valence-electron chi connectivity index (χ1n) is 6.15. The average molecular weight is 283 g/mol. The molecule has 1 aromatic heterocycles. The Bertz CT molecular complexity index is 586. The van der Waals surface area contributed by atoms with Crippen molar-refractivity contribution in [2.45, 2.75) is 30.6 Å². The monoisotopic (exact) mass is 283 g/mol. The number of hydrogen-bond acceptors (Lipinski definition) is 5. The molecule has 6 nitrogen and oxygen atoms in total. The van der Waals surface area contributed by atoms with Gasteiger partial charge >= 0.3 is 0 Å². The molecule has 0 N–H and O–H groups in total. The summed E-state index contributed by atoms with van der Waals surface area (Å²) in [5, 5.41) is 0. The Hall–Kier alpha value is -1.50. The van der Waals surface area contributed by atoms with E-state index in [4.69, 9.17) is 0 Å². The third-order valence-electron chi connectivity index (χ3n) is 3.36. The number of aromatic nitrogens is 2. The number of carbonyl (C=O) groups excluding carboxylic acids is 1. The van der Waals surface area contributed by atoms with Crippen LogP contribution >= 0.6 is 0 Å². The minimum atomic E-state index is -3.35. The fourth-order valence-corrected chi connectivity index (χ4v) is 3.26. The number of piperidine rings is 1. The lowest BCUT2D eigenvalue weighted by atomic mass is 9.94. The van der Waals surface area contributed by atoms with E-state index in [1.54, 1.807) is 4.90 Å². The SMILES string of the molecule is CC(=O)N1CCC[C@H](c2ncncc2S(C)(=O)=O)C1. The normalized spacial score (nSPS) is 20.3. The average Bonchev–Trinajstić information content (AvgIpc) is 2.38. The smallest absolute Gasteiger partial charge is 0.219 e. The molecule has 1 saturated heterocycles. The van der Waals surface area contributed by atoms with Crippen molar-refractivity contribution < 1.29 is 13.2 Å². The number of likely N-dealkylation sites (tertiary alicyclic amines) is 1. The predicted octanol–water partition coefficient (Wildman–Crippen LogP) is 0.606. The van der Waals surface area contributed by atoms with Gasteiger partial charge in [0.15, 0.2) is 9.84 Å². The summed E-state index contributed by atoms with van der Waals surface area (Å²) in [6, 6.07) is 0. The molecule has 104 valence electrons. The lowest BCUT2D eigenvalue weighted by molar-refractivity contribution is -0.130. The van der Waals surface area contributed by atoms with Crippen LogP contribution in [0.1, 0.15) is 31.4 Å². The number of rotatable bonds is 2. The lowest BCUT2D eigenvalue weighted by Gasteiger charge is -2.32. The van der Waals surface area contributed by atoms with Gasteiger partial charge in [-0.05, 0) is 12.8 Å². The molecule has 1 aliphatic rings. The second-order valence-electron chi connectivity index (χ2n) is 4.85. The topological polar surface area (TPSA) is 80.2 Å². The quantitative estimate of drug-likeness (QED) is 0.794. The minimum absolute atomic E-state index is 0.0136. The maximum Gasteiger partial charge on any atom is 0.219 e. The van der Waals surface area contributed by atoms with Gasteiger partial charge in [-0.15, -0.1) is 0 Å². The van der Waals surface area contributed by atoms with Crippen molar-refractivity contribution in [1.82, 2.24) is 14.9 Å². The molecule has 0 spiro atoms. The molecule has 0 saturated carbocycles. The highest BCUT2D eigenvalue weighted by Crippen LogP contribution is 2.29. The standard InChI is InChI=1S/C12H17N3O3S/c1-9(16)15-5-3-4-10(7-15)12-11(19(2,17)18)6-13-8-14-12/h6,8,10H,3-5,7H2,1-2H3/t10-/m0/s1. The molecular weight excluding hydrogens is 266 g/mol. The summed E-state index contributed by atoms with van der Waals surface area (Å²) >= 11 is 0. The van der Waals surface area contributed by atoms with Crippen LogP contribution in [-0.2, 0) is 14.6 Å². The van der Waals surface area contributed by atoms with E-state index in [1.807, 2.05) is 0 Å². The molecule has 0 unspecified atom stereocenters. The van der Waals surface area contributed by atoms with Crippen LogP contribution in [0.25, 0.3) is 0 Å². The van der Waals surface area contributed by atoms with Gasteiger partial charge in [-0.25, -0.2) is 18.4 Å². The fourth-order valence-electron chi connectivity index (χ4n) is 2.40. The predicted molar refractivity (Wildman–Crippen MR) is 69.4 cm³/mol. The van der Waals surface area contributed by atoms with Crippen molar-refractivity contribution in [1.29, 1.82) is 0 Å². The van der Waals surface area contributed by atoms with E-state index in [0.717, 1.165) is 25.6 Å². The van der Waals surface area contributed by atoms with E-state index < -0.39 is 9.84 Å². The van der Waals surface area contributed by atoms with Crippen LogP contribution in [0, 0.1) is 0 Å². The first-order valence-corrected chi connectivity index (χ1v) is 8.04. The van der Waals surface area contributed by atoms with Crippen molar-refractivity contribution in [3.05, 3.63) is 18.2 Å². The summed E-state index contributed by atoms with van der Waals surface area (Å²) in [6.45, 7) is 2.78. The minimum Gasteiger partial charge on any atom is -0.342 e. The molecule has 0 radical (unpaired) electrons. The van der Waals surface area contributed by atoms with Gasteiger partial charge in [0.05, 0.1) is 5.69 Å². The van der Waals surface area contributed by atoms with E-state index in [-0.39, 0.29) is 16.7 Å². The summed E-state index contributed by atoms with van der Waals surface area (Å²) in [6.07, 6.45) is 5.54. The Balaban J connectivity index is 2.34. The Kier molecular flexibility index (Phi) is 3.84. The summed E-state index contributed by atoms with van der Waals surface area (Å²) in [5.41, 5.74) is 0.531. The van der Waals surface area contributed by atoms with Gasteiger partial charge in [0, 0.05) is 38.4 Å². The summed E-state index contributed by atoms with van der Waals surface area (Å²) < 4.78 is 23.5. The Labute approximate surface area is 112 Å². The van der Waals surface area contributed by atoms with Crippen molar-refractivity contribution in [2.24, 2.45) is 0 Å². The maximum absolute atomic E-state index is 11.8. The molecule has 7 heteroatoms. The van der Waals surface area contributed by atoms with E-state index >= 15 is 0 Å². The van der Waals surface area contributed by atoms with Crippen LogP contribution in [0.3, 0.4) is 0 Å². The Morgan fingerprint density at radius 1 is 1.47 bits per heavy atom. The fraction of sp³-hybridized carbons (Fsp3) is 0.583. The van der Waals surface area contributed by atoms with Crippen LogP contribution < -0.4 is 0 Å². The van der Waals surface area contributed by atoms with Crippen LogP contribution in [0.2, 0.25) is 0 Å². The van der Waals surface area contributed by atoms with Crippen molar-refractivity contribution in [2.75, 3.05) is 19.3 Å². The Morgan fingerprint density at radius 3 is 2.84 bits per heavy atom. The third kappa shape index (κ3) is 3.09. The molecule has 0 bridgehead atoms. The molecular formula is C12H17N3O3S. The molecule has 1 aliphatic heterocycles. The molecule has 19 heavy (non-hydrogen) atoms. The van der Waals surface area contributed by atoms with Crippen LogP contribution in [-0.4, -0.2) is 48.5 Å². The van der Waals surface area contributed by atoms with Gasteiger partial charge in [-0.3, -0.25) is 4.79 Å². The number of hydrogen-bond donors (Lipinski definition) is 0. The lowest BCUT2D eigenvalue weighted by Crippen LogP contribution is -2.38. The molecule has 1 aromatic rings. The van der Waals surface area contributed by atoms with Crippen molar-refractivity contribution in [3.8, 4) is 0 Å². The summed E-state index contributed by atoms with van der Waals surface area (Å²) in [7, 11) is -3.35. The van der Waals surface area contributed by atoms with Gasteiger partial charge < -0.3 is 4.90 Å². The second kappa shape index (κ2) is 5.24. The van der Waals surface area contributed by atoms with Crippen molar-refractivity contribution >= 4 is 15.7 Å². The van der Waals surface area contributed by atoms with Gasteiger partial charge in [0.1, 0.15) is 11.2 Å². The van der Waals surface area contributed by atoms with Gasteiger partial charge in [-0.2, -0.15) is 0 Å². The zero-order valence-corrected chi connectivity index (χ0v) is 11.9. The van der Waals surface area contributed by atoms with Crippen LogP contribution in [0.5, 0.6) is 0 Å². The van der Waals surface area contributed by atoms with Gasteiger partial charge in [0.25, 0.3) is 0 Å². The van der Waals surface area contributed by atoms with Crippen LogP contribution in [0.15, 0.2) is 17.4 Å². The summed E-state index contributed by atoms with van der Waals surface area (Å²) in [4.78, 5) is 21.3. The first kappa shape index (κ1) is 13.9. The number of amides is 1. The molecule has 1 amide bonds. The van der Waals surface area contributed by atoms with E-state index in [0.29, 0.717) is 12.2 Å². The summed E-state index contributed by atoms with van der Waals surface area (Å²) in [5.74, 6) is -0.0231. The van der Waals surface area contributed by atoms with E-state index in [1.165, 1.54) is 19.4 Å². The zero-order chi connectivity index (χ0) is 14.0. The highest BCUT2D eigenvalue weighted by Gasteiger charge is 2.28. The largest absolute Gasteiger partial charge is 0.342 e. The van der Waals surface area contributed by atoms with Crippen molar-refractivity contribution in [3.63, 3.8) is 0 Å². The number of nitrogens with zero attached hydrogens (tertiary/aromatic N) is 3. The van der Waals surface area contributed by atoms with E-state index in [9.17, 15) is 13.2 Å². The molecule has 0 aliphatic carbocycles. The number of sulfone groups is 1.